The Bertz CT molecular complexity index is 2860. The average Bonchev–Trinajstić information content (AvgIpc) is 2.99. The van der Waals surface area contributed by atoms with E-state index in [-0.39, 0.29) is 129 Å². The minimum absolute atomic E-state index is 0.00910. The summed E-state index contributed by atoms with van der Waals surface area (Å²) in [4.78, 5) is 124. The van der Waals surface area contributed by atoms with Gasteiger partial charge in [0.25, 0.3) is 10.1 Å². The summed E-state index contributed by atoms with van der Waals surface area (Å²) in [5.74, 6) is -8.21. The average molecular weight is 1240 g/mol. The molecule has 3 atom stereocenters. The fourth-order valence-electron chi connectivity index (χ4n) is 8.95. The van der Waals surface area contributed by atoms with E-state index < -0.39 is 101 Å². The highest BCUT2D eigenvalue weighted by Crippen LogP contribution is 2.28. The lowest BCUT2D eigenvalue weighted by Crippen LogP contribution is -2.54. The van der Waals surface area contributed by atoms with Crippen LogP contribution in [0.25, 0.3) is 0 Å². The number of aliphatic imine (C=N–C) groups is 1. The van der Waals surface area contributed by atoms with Gasteiger partial charge in [0, 0.05) is 91.5 Å². The number of nitrogens with two attached hydrogens (primary N) is 1. The van der Waals surface area contributed by atoms with E-state index in [1.807, 2.05) is 0 Å². The molecule has 0 aromatic heterocycles. The predicted octanol–water partition coefficient (Wildman–Crippen LogP) is -1.63. The van der Waals surface area contributed by atoms with Gasteiger partial charge in [-0.3, -0.25) is 72.8 Å². The van der Waals surface area contributed by atoms with Crippen LogP contribution in [0.1, 0.15) is 61.6 Å². The van der Waals surface area contributed by atoms with E-state index in [1.54, 1.807) is 93.3 Å². The molecule has 1 aliphatic heterocycles. The van der Waals surface area contributed by atoms with Crippen LogP contribution >= 0.6 is 0 Å². The number of urea groups is 1. The number of carbonyl (C=O) groups is 9. The number of hydrogen-bond donors (Lipinski definition) is 13. The van der Waals surface area contributed by atoms with E-state index >= 15 is 0 Å². The van der Waals surface area contributed by atoms with Crippen molar-refractivity contribution in [2.24, 2.45) is 10.7 Å². The van der Waals surface area contributed by atoms with Gasteiger partial charge in [0.1, 0.15) is 29.3 Å². The Kier molecular flexibility index (Phi) is 30.9. The molecule has 1 saturated heterocycles. The number of phenols is 1. The molecule has 0 saturated carbocycles. The maximum Gasteiger partial charge on any atom is 0.321 e. The van der Waals surface area contributed by atoms with Gasteiger partial charge in [-0.1, -0.05) is 61.5 Å². The van der Waals surface area contributed by atoms with Crippen molar-refractivity contribution in [3.05, 3.63) is 95.6 Å². The van der Waals surface area contributed by atoms with E-state index in [9.17, 15) is 76.5 Å². The molecular weight excluding hydrogens is 1160 g/mol. The summed E-state index contributed by atoms with van der Waals surface area (Å²) in [6.07, 6.45) is 1.30. The van der Waals surface area contributed by atoms with Gasteiger partial charge in [0.05, 0.1) is 38.7 Å². The molecule has 30 nitrogen and oxygen atoms in total. The van der Waals surface area contributed by atoms with Crippen molar-refractivity contribution in [2.45, 2.75) is 63.6 Å². The molecule has 0 spiro atoms. The third-order valence-electron chi connectivity index (χ3n) is 13.4. The van der Waals surface area contributed by atoms with Crippen LogP contribution in [0, 0.1) is 0 Å². The van der Waals surface area contributed by atoms with Gasteiger partial charge in [-0.2, -0.15) is 8.42 Å². The quantitative estimate of drug-likeness (QED) is 0.0141. The first-order chi connectivity index (χ1) is 41.5. The second-order valence-electron chi connectivity index (χ2n) is 20.4. The lowest BCUT2D eigenvalue weighted by molar-refractivity contribution is -0.140. The Morgan fingerprint density at radius 3 is 1.72 bits per heavy atom. The van der Waals surface area contributed by atoms with Gasteiger partial charge < -0.3 is 62.8 Å². The lowest BCUT2D eigenvalue weighted by atomic mass is 9.90. The Morgan fingerprint density at radius 2 is 1.16 bits per heavy atom. The Balaban J connectivity index is 1.38. The minimum atomic E-state index is -4.82. The number of unbranched alkanes of at least 4 members (excludes halogenated alkanes) is 1. The third-order valence-corrected chi connectivity index (χ3v) is 14.1. The van der Waals surface area contributed by atoms with Crippen LogP contribution < -0.4 is 47.7 Å². The second kappa shape index (κ2) is 37.8. The molecular formula is C56H81N13O17S. The summed E-state index contributed by atoms with van der Waals surface area (Å²) in [6, 6.07) is 18.4. The number of phenolic OH excluding ortho intramolecular Hbond substituents is 1. The molecule has 14 N–H and O–H groups in total. The van der Waals surface area contributed by atoms with Crippen LogP contribution in [-0.4, -0.2) is 242 Å². The van der Waals surface area contributed by atoms with E-state index in [0.29, 0.717) is 41.7 Å². The number of benzene rings is 3. The molecule has 0 unspecified atom stereocenters. The van der Waals surface area contributed by atoms with Crippen LogP contribution in [0.5, 0.6) is 11.5 Å². The fourth-order valence-corrected chi connectivity index (χ4v) is 9.60. The molecule has 0 aliphatic carbocycles. The van der Waals surface area contributed by atoms with Crippen molar-refractivity contribution in [1.29, 1.82) is 0 Å². The summed E-state index contributed by atoms with van der Waals surface area (Å²) >= 11 is 0. The molecule has 4 rings (SSSR count). The highest BCUT2D eigenvalue weighted by atomic mass is 32.2. The topological polar surface area (TPSA) is 434 Å². The minimum Gasteiger partial charge on any atom is -0.508 e. The largest absolute Gasteiger partial charge is 0.508 e. The third kappa shape index (κ3) is 29.4. The van der Waals surface area contributed by atoms with Crippen molar-refractivity contribution >= 4 is 69.6 Å². The van der Waals surface area contributed by atoms with Crippen LogP contribution in [0.15, 0.2) is 83.9 Å². The number of guanidine groups is 1. The molecule has 478 valence electrons. The number of hydrogen-bond acceptors (Lipinski definition) is 18. The maximum atomic E-state index is 14.5. The zero-order valence-electron chi connectivity index (χ0n) is 48.6. The number of aliphatic carboxylic acids is 3. The number of rotatable bonds is 33. The predicted molar refractivity (Wildman–Crippen MR) is 317 cm³/mol. The molecule has 7 amide bonds. The zero-order valence-corrected chi connectivity index (χ0v) is 49.4. The van der Waals surface area contributed by atoms with Crippen molar-refractivity contribution in [2.75, 3.05) is 117 Å². The molecule has 1 fully saturated rings. The highest BCUT2D eigenvalue weighted by molar-refractivity contribution is 7.85. The lowest BCUT2D eigenvalue weighted by Gasteiger charge is -2.33. The fraction of sp³-hybridized carbons (Fsp3) is 0.500. The molecule has 87 heavy (non-hydrogen) atoms. The van der Waals surface area contributed by atoms with Gasteiger partial charge in [0.15, 0.2) is 5.96 Å². The number of carboxylic acids is 3. The standard InChI is InChI=1S/C56H81N13O17S/c1-2-46(71)58-21-22-61-56(82)65-55(57)60-20-9-14-44(52(79)62-33-39-15-17-42(70)18-16-39)64-54(81)51(40-10-4-3-5-11-40)41-12-8-13-43(32-41)86-31-7-6-19-59-53(80)45(38-87(83,84)85)63-47(72)34-66-23-25-67(35-48(73)74)27-29-69(37-50(77)78)30-28-68(26-24-66)36-49(75)76/h3-5,8,10-13,15-18,32,44-45,51,70H,2,6-7,9,14,19-31,33-38H2,1H3,(H,58,71)(H,59,80)(H,62,79)(H,63,72)(H,64,81)(H,73,74)(H,75,76)(H,77,78)(H,83,84,85)(H4,57,60,61,65,82)/t44-,45+,51-/m1/s1. The number of carbonyl (C=O) groups excluding carboxylic acids is 6. The summed E-state index contributed by atoms with van der Waals surface area (Å²) in [5.41, 5.74) is 7.73. The maximum absolute atomic E-state index is 14.5. The number of nitrogens with one attached hydrogen (secondary N) is 7. The van der Waals surface area contributed by atoms with Gasteiger partial charge in [0.2, 0.25) is 29.5 Å². The molecule has 0 radical (unpaired) electrons. The van der Waals surface area contributed by atoms with E-state index in [2.05, 4.69) is 42.2 Å². The van der Waals surface area contributed by atoms with Crippen molar-refractivity contribution in [3.63, 3.8) is 0 Å². The zero-order chi connectivity index (χ0) is 63.7. The first-order valence-electron chi connectivity index (χ1n) is 28.3. The van der Waals surface area contributed by atoms with Crippen LogP contribution in [0.4, 0.5) is 4.79 Å². The van der Waals surface area contributed by atoms with Crippen LogP contribution in [-0.2, 0) is 55.0 Å². The van der Waals surface area contributed by atoms with E-state index in [0.717, 1.165) is 0 Å². The molecule has 3 aromatic rings. The molecule has 1 aliphatic rings. The van der Waals surface area contributed by atoms with Gasteiger partial charge in [-0.15, -0.1) is 0 Å². The normalized spacial score (nSPS) is 15.2. The summed E-state index contributed by atoms with van der Waals surface area (Å²) in [5, 5.41) is 56.6. The number of amides is 7. The number of nitrogens with zero attached hydrogens (tertiary/aromatic N) is 5. The highest BCUT2D eigenvalue weighted by Gasteiger charge is 2.30. The SMILES string of the molecule is CCC(=O)NCCNC(=O)NC(N)=NCCC[C@@H](NC(=O)[C@H](c1ccccc1)c1cccc(OCCCCNC(=O)[C@H](CS(=O)(=O)O)NC(=O)CN2CCN(CC(=O)O)CCN(CC(=O)O)CCN(CC(=O)O)CC2)c1)C(=O)NCc1ccc(O)cc1. The van der Waals surface area contributed by atoms with E-state index in [1.165, 1.54) is 12.1 Å². The number of carboxylic acid groups (broad SMARTS) is 3. The van der Waals surface area contributed by atoms with Gasteiger partial charge in [-0.25, -0.2) is 4.79 Å². The van der Waals surface area contributed by atoms with Crippen molar-refractivity contribution in [3.8, 4) is 11.5 Å². The first-order valence-corrected chi connectivity index (χ1v) is 29.9. The van der Waals surface area contributed by atoms with E-state index in [4.69, 9.17) is 10.5 Å². The Morgan fingerprint density at radius 1 is 0.609 bits per heavy atom. The van der Waals surface area contributed by atoms with Crippen molar-refractivity contribution in [1.82, 2.24) is 56.8 Å². The molecule has 3 aromatic carbocycles. The van der Waals surface area contributed by atoms with Gasteiger partial charge in [-0.05, 0) is 66.6 Å². The first kappa shape index (κ1) is 71.0. The monoisotopic (exact) mass is 1240 g/mol. The number of aromatic hydroxyl groups is 1. The summed E-state index contributed by atoms with van der Waals surface area (Å²) < 4.78 is 40.0. The smallest absolute Gasteiger partial charge is 0.321 e. The van der Waals surface area contributed by atoms with Crippen LogP contribution in [0.2, 0.25) is 0 Å². The Hall–Kier alpha value is -8.49. The van der Waals surface area contributed by atoms with Crippen molar-refractivity contribution < 1.29 is 81.3 Å². The molecule has 0 bridgehead atoms. The molecule has 1 heterocycles. The second-order valence-corrected chi connectivity index (χ2v) is 21.9. The van der Waals surface area contributed by atoms with Gasteiger partial charge >= 0.3 is 23.9 Å². The Labute approximate surface area is 504 Å². The number of ether oxygens (including phenoxy) is 1. The summed E-state index contributed by atoms with van der Waals surface area (Å²) in [6.45, 7) is 1.63. The van der Waals surface area contributed by atoms with Crippen LogP contribution in [0.3, 0.4) is 0 Å². The molecule has 31 heteroatoms. The summed E-state index contributed by atoms with van der Waals surface area (Å²) in [7, 11) is -4.82.